The second-order valence-electron chi connectivity index (χ2n) is 9.35. The molecule has 3 aromatic rings. The molecular formula is C29H29NO9S. The second-order valence-corrected chi connectivity index (χ2v) is 11.0. The average Bonchev–Trinajstić information content (AvgIpc) is 3.28. The maximum Gasteiger partial charge on any atom is 0.303 e. The number of carboxylic acid groups (broad SMARTS) is 1. The van der Waals surface area contributed by atoms with Crippen molar-refractivity contribution in [3.63, 3.8) is 0 Å². The van der Waals surface area contributed by atoms with Gasteiger partial charge in [-0.15, -0.1) is 0 Å². The zero-order valence-corrected chi connectivity index (χ0v) is 22.8. The predicted molar refractivity (Wildman–Crippen MR) is 145 cm³/mol. The highest BCUT2D eigenvalue weighted by atomic mass is 32.2. The third kappa shape index (κ3) is 4.61. The van der Waals surface area contributed by atoms with E-state index in [1.165, 1.54) is 14.2 Å². The average molecular weight is 568 g/mol. The number of carbonyl (C=O) groups excluding carboxylic acids is 2. The Labute approximate surface area is 231 Å². The summed E-state index contributed by atoms with van der Waals surface area (Å²) in [6.07, 6.45) is -2.16. The molecule has 1 unspecified atom stereocenters. The van der Waals surface area contributed by atoms with Crippen molar-refractivity contribution in [3.8, 4) is 11.5 Å². The number of rotatable bonds is 11. The van der Waals surface area contributed by atoms with Gasteiger partial charge in [-0.1, -0.05) is 54.6 Å². The molecule has 0 bridgehead atoms. The molecule has 210 valence electrons. The summed E-state index contributed by atoms with van der Waals surface area (Å²) >= 11 is 0. The van der Waals surface area contributed by atoms with Gasteiger partial charge in [0, 0.05) is 19.3 Å². The number of nitrogens with zero attached hydrogens (tertiary/aromatic N) is 1. The largest absolute Gasteiger partial charge is 0.497 e. The van der Waals surface area contributed by atoms with E-state index in [-0.39, 0.29) is 24.0 Å². The van der Waals surface area contributed by atoms with Crippen LogP contribution in [0.15, 0.2) is 78.9 Å². The van der Waals surface area contributed by atoms with Gasteiger partial charge in [0.1, 0.15) is 11.5 Å². The number of aliphatic carboxylic acids is 1. The van der Waals surface area contributed by atoms with Crippen molar-refractivity contribution in [2.45, 2.75) is 36.0 Å². The van der Waals surface area contributed by atoms with E-state index in [1.807, 2.05) is 0 Å². The predicted octanol–water partition coefficient (Wildman–Crippen LogP) is 3.64. The monoisotopic (exact) mass is 567 g/mol. The molecule has 2 N–H and O–H groups in total. The first kappa shape index (κ1) is 28.8. The van der Waals surface area contributed by atoms with Crippen LogP contribution in [0.3, 0.4) is 0 Å². The van der Waals surface area contributed by atoms with Crippen molar-refractivity contribution < 1.29 is 41.9 Å². The summed E-state index contributed by atoms with van der Waals surface area (Å²) in [5, 5.41) is 9.73. The smallest absolute Gasteiger partial charge is 0.303 e. The summed E-state index contributed by atoms with van der Waals surface area (Å²) < 4.78 is 49.7. The van der Waals surface area contributed by atoms with E-state index in [9.17, 15) is 32.5 Å². The van der Waals surface area contributed by atoms with Gasteiger partial charge in [0.15, 0.2) is 4.87 Å². The highest BCUT2D eigenvalue weighted by Gasteiger charge is 2.68. The molecule has 0 aliphatic carbocycles. The van der Waals surface area contributed by atoms with Gasteiger partial charge in [-0.25, -0.2) is 0 Å². The Hall–Kier alpha value is -4.22. The minimum absolute atomic E-state index is 0.264. The fraction of sp³-hybridized carbons (Fsp3) is 0.276. The van der Waals surface area contributed by atoms with E-state index in [4.69, 9.17) is 9.47 Å². The van der Waals surface area contributed by atoms with E-state index >= 15 is 0 Å². The molecule has 1 fully saturated rings. The summed E-state index contributed by atoms with van der Waals surface area (Å²) in [6, 6.07) is 20.8. The quantitative estimate of drug-likeness (QED) is 0.201. The molecule has 0 aromatic heterocycles. The van der Waals surface area contributed by atoms with Crippen molar-refractivity contribution in [2.75, 3.05) is 14.2 Å². The topological polar surface area (TPSA) is 148 Å². The molecule has 1 saturated heterocycles. The number of amides is 2. The summed E-state index contributed by atoms with van der Waals surface area (Å²) in [7, 11) is -2.53. The van der Waals surface area contributed by atoms with Gasteiger partial charge in [-0.05, 0) is 47.4 Å². The van der Waals surface area contributed by atoms with Gasteiger partial charge in [0.05, 0.1) is 19.6 Å². The van der Waals surface area contributed by atoms with Crippen LogP contribution in [0.1, 0.15) is 42.4 Å². The molecule has 1 heterocycles. The first-order valence-electron chi connectivity index (χ1n) is 12.4. The molecule has 4 rings (SSSR count). The Bertz CT molecular complexity index is 1440. The molecule has 0 saturated carbocycles. The summed E-state index contributed by atoms with van der Waals surface area (Å²) in [4.78, 5) is 36.5. The van der Waals surface area contributed by atoms with E-state index in [0.717, 1.165) is 0 Å². The molecule has 1 aliphatic rings. The zero-order chi connectivity index (χ0) is 29.1. The molecule has 1 aliphatic heterocycles. The van der Waals surface area contributed by atoms with Crippen LogP contribution in [0.5, 0.6) is 11.5 Å². The van der Waals surface area contributed by atoms with Crippen LogP contribution in [-0.2, 0) is 29.9 Å². The molecule has 0 radical (unpaired) electrons. The lowest BCUT2D eigenvalue weighted by Crippen LogP contribution is -2.69. The molecule has 11 heteroatoms. The van der Waals surface area contributed by atoms with Crippen molar-refractivity contribution in [2.24, 2.45) is 0 Å². The van der Waals surface area contributed by atoms with E-state index in [2.05, 4.69) is 0 Å². The van der Waals surface area contributed by atoms with Crippen LogP contribution in [0, 0.1) is 0 Å². The molecular weight excluding hydrogens is 538 g/mol. The standard InChI is InChI=1S/C29H29NO9S/c1-38-23-12-8-21(9-13-23)29(20-6-4-3-5-7-20,22-10-14-24(39-2)15-11-22)28(40(35,36)37,19-18-27(33)34)30-25(31)16-17-26(30)32/h3-15H,16-19H2,1-2H3,(H,33,34)(H,35,36,37). The summed E-state index contributed by atoms with van der Waals surface area (Å²) in [5.41, 5.74) is -1.19. The molecule has 40 heavy (non-hydrogen) atoms. The fourth-order valence-corrected chi connectivity index (χ4v) is 7.24. The number of carbonyl (C=O) groups is 3. The van der Waals surface area contributed by atoms with E-state index in [1.54, 1.807) is 78.9 Å². The van der Waals surface area contributed by atoms with E-state index < -0.39 is 51.0 Å². The van der Waals surface area contributed by atoms with Crippen LogP contribution in [-0.4, -0.2) is 59.9 Å². The number of methoxy groups -OCH3 is 2. The lowest BCUT2D eigenvalue weighted by molar-refractivity contribution is -0.147. The number of carboxylic acids is 1. The number of benzene rings is 3. The molecule has 2 amide bonds. The first-order valence-corrected chi connectivity index (χ1v) is 13.9. The number of hydrogen-bond donors (Lipinski definition) is 2. The number of likely N-dealkylation sites (tertiary alicyclic amines) is 1. The van der Waals surface area contributed by atoms with Crippen LogP contribution >= 0.6 is 0 Å². The maximum absolute atomic E-state index is 13.9. The minimum Gasteiger partial charge on any atom is -0.497 e. The lowest BCUT2D eigenvalue weighted by atomic mass is 9.62. The number of hydrogen-bond acceptors (Lipinski definition) is 7. The van der Waals surface area contributed by atoms with Gasteiger partial charge in [0.25, 0.3) is 10.1 Å². The van der Waals surface area contributed by atoms with Gasteiger partial charge in [-0.2, -0.15) is 8.42 Å². The Morgan fingerprint density at radius 3 is 1.60 bits per heavy atom. The van der Waals surface area contributed by atoms with Crippen molar-refractivity contribution >= 4 is 27.9 Å². The lowest BCUT2D eigenvalue weighted by Gasteiger charge is -2.52. The highest BCUT2D eigenvalue weighted by Crippen LogP contribution is 2.56. The summed E-state index contributed by atoms with van der Waals surface area (Å²) in [6.45, 7) is 0. The van der Waals surface area contributed by atoms with Crippen LogP contribution in [0.2, 0.25) is 0 Å². The van der Waals surface area contributed by atoms with Crippen LogP contribution < -0.4 is 9.47 Å². The minimum atomic E-state index is -5.45. The molecule has 1 atom stereocenters. The summed E-state index contributed by atoms with van der Waals surface area (Å²) in [5.74, 6) is -2.17. The van der Waals surface area contributed by atoms with Gasteiger partial charge < -0.3 is 14.6 Å². The highest BCUT2D eigenvalue weighted by molar-refractivity contribution is 7.87. The number of ether oxygens (including phenoxy) is 2. The normalized spacial score (nSPS) is 15.5. The Balaban J connectivity index is 2.30. The zero-order valence-electron chi connectivity index (χ0n) is 21.9. The second kappa shape index (κ2) is 11.1. The third-order valence-corrected chi connectivity index (χ3v) is 8.90. The Kier molecular flexibility index (Phi) is 7.99. The Morgan fingerprint density at radius 2 is 1.23 bits per heavy atom. The fourth-order valence-electron chi connectivity index (χ4n) is 5.71. The van der Waals surface area contributed by atoms with E-state index in [0.29, 0.717) is 22.0 Å². The maximum atomic E-state index is 13.9. The van der Waals surface area contributed by atoms with Crippen LogP contribution in [0.25, 0.3) is 0 Å². The van der Waals surface area contributed by atoms with Crippen molar-refractivity contribution in [1.82, 2.24) is 4.90 Å². The van der Waals surface area contributed by atoms with Crippen LogP contribution in [0.4, 0.5) is 0 Å². The van der Waals surface area contributed by atoms with Gasteiger partial charge in [0.2, 0.25) is 11.8 Å². The van der Waals surface area contributed by atoms with Crippen molar-refractivity contribution in [1.29, 1.82) is 0 Å². The molecule has 3 aromatic carbocycles. The first-order chi connectivity index (χ1) is 19.0. The van der Waals surface area contributed by atoms with Gasteiger partial charge in [-0.3, -0.25) is 23.8 Å². The third-order valence-electron chi connectivity index (χ3n) is 7.36. The molecule has 10 nitrogen and oxygen atoms in total. The molecule has 0 spiro atoms. The SMILES string of the molecule is COc1ccc(C(c2ccccc2)(c2ccc(OC)cc2)C(CCC(=O)O)(N2C(=O)CCC2=O)S(=O)(=O)O)cc1. The van der Waals surface area contributed by atoms with Gasteiger partial charge >= 0.3 is 5.97 Å². The van der Waals surface area contributed by atoms with Crippen molar-refractivity contribution in [3.05, 3.63) is 95.6 Å². The number of imide groups is 1. The Morgan fingerprint density at radius 1 is 0.800 bits per heavy atom.